The maximum absolute atomic E-state index is 4.17. The van der Waals surface area contributed by atoms with E-state index in [9.17, 15) is 0 Å². The first-order chi connectivity index (χ1) is 7.27. The Morgan fingerprint density at radius 3 is 2.67 bits per heavy atom. The molecule has 0 bridgehead atoms. The van der Waals surface area contributed by atoms with Gasteiger partial charge in [0.15, 0.2) is 0 Å². The van der Waals surface area contributed by atoms with Crippen molar-refractivity contribution in [2.75, 3.05) is 26.8 Å². The van der Waals surface area contributed by atoms with Crippen LogP contribution in [0, 0.1) is 0 Å². The van der Waals surface area contributed by atoms with Crippen LogP contribution in [0.1, 0.15) is 19.8 Å². The number of nitrogens with one attached hydrogen (secondary N) is 1. The summed E-state index contributed by atoms with van der Waals surface area (Å²) >= 11 is 0. The molecule has 0 spiro atoms. The number of hydrazone groups is 2. The summed E-state index contributed by atoms with van der Waals surface area (Å²) in [5.41, 5.74) is 0. The standard InChI is InChI=1S/C10H21N5/c1-4-13-14(3)9-15(11-2)10-5-7-12-8-6-10/h4,10,12H,2,5-9H2,1,3H3/b13-4-. The van der Waals surface area contributed by atoms with E-state index in [1.54, 1.807) is 6.21 Å². The Bertz CT molecular complexity index is 210. The zero-order valence-electron chi connectivity index (χ0n) is 9.69. The Balaban J connectivity index is 2.43. The zero-order chi connectivity index (χ0) is 11.1. The summed E-state index contributed by atoms with van der Waals surface area (Å²) in [6, 6.07) is 0.498. The molecule has 0 aromatic heterocycles. The largest absolute Gasteiger partial charge is 0.317 e. The van der Waals surface area contributed by atoms with Crippen LogP contribution in [0.25, 0.3) is 0 Å². The molecular formula is C10H21N5. The average molecular weight is 211 g/mol. The molecule has 1 fully saturated rings. The van der Waals surface area contributed by atoms with Crippen molar-refractivity contribution in [2.45, 2.75) is 25.8 Å². The Hall–Kier alpha value is -1.10. The molecular weight excluding hydrogens is 190 g/mol. The third-order valence-corrected chi connectivity index (χ3v) is 2.57. The highest BCUT2D eigenvalue weighted by molar-refractivity contribution is 5.52. The molecule has 0 saturated carbocycles. The minimum absolute atomic E-state index is 0.498. The molecule has 5 heteroatoms. The Labute approximate surface area is 91.8 Å². The van der Waals surface area contributed by atoms with Gasteiger partial charge >= 0.3 is 0 Å². The summed E-state index contributed by atoms with van der Waals surface area (Å²) in [5, 5.41) is 15.5. The molecule has 0 aliphatic carbocycles. The fourth-order valence-electron chi connectivity index (χ4n) is 1.82. The number of piperidine rings is 1. The molecule has 0 unspecified atom stereocenters. The maximum Gasteiger partial charge on any atom is 0.123 e. The van der Waals surface area contributed by atoms with Crippen LogP contribution in [0.4, 0.5) is 0 Å². The molecule has 0 aromatic carbocycles. The van der Waals surface area contributed by atoms with Gasteiger partial charge in [0.2, 0.25) is 0 Å². The lowest BCUT2D eigenvalue weighted by Crippen LogP contribution is -2.43. The van der Waals surface area contributed by atoms with E-state index in [0.29, 0.717) is 12.7 Å². The van der Waals surface area contributed by atoms with Gasteiger partial charge in [-0.3, -0.25) is 10.0 Å². The predicted octanol–water partition coefficient (Wildman–Crippen LogP) is 0.551. The third-order valence-electron chi connectivity index (χ3n) is 2.57. The highest BCUT2D eigenvalue weighted by Crippen LogP contribution is 2.12. The fourth-order valence-corrected chi connectivity index (χ4v) is 1.82. The van der Waals surface area contributed by atoms with Gasteiger partial charge in [-0.15, -0.1) is 0 Å². The van der Waals surface area contributed by atoms with Crippen molar-refractivity contribution in [2.24, 2.45) is 10.2 Å². The lowest BCUT2D eigenvalue weighted by atomic mass is 10.1. The van der Waals surface area contributed by atoms with Crippen LogP contribution < -0.4 is 5.32 Å². The normalized spacial score (nSPS) is 18.0. The fraction of sp³-hybridized carbons (Fsp3) is 0.800. The van der Waals surface area contributed by atoms with E-state index >= 15 is 0 Å². The topological polar surface area (TPSA) is 43.2 Å². The Morgan fingerprint density at radius 1 is 1.47 bits per heavy atom. The Kier molecular flexibility index (Phi) is 5.10. The minimum atomic E-state index is 0.498. The molecule has 1 saturated heterocycles. The zero-order valence-corrected chi connectivity index (χ0v) is 9.69. The van der Waals surface area contributed by atoms with Gasteiger partial charge < -0.3 is 5.32 Å². The van der Waals surface area contributed by atoms with Crippen LogP contribution in [0.3, 0.4) is 0 Å². The molecule has 0 atom stereocenters. The average Bonchev–Trinajstić information content (AvgIpc) is 2.27. The van der Waals surface area contributed by atoms with Crippen molar-refractivity contribution in [3.8, 4) is 0 Å². The summed E-state index contributed by atoms with van der Waals surface area (Å²) in [5.74, 6) is 0. The van der Waals surface area contributed by atoms with Crippen LogP contribution in [-0.4, -0.2) is 55.8 Å². The van der Waals surface area contributed by atoms with E-state index in [4.69, 9.17) is 0 Å². The molecule has 5 nitrogen and oxygen atoms in total. The van der Waals surface area contributed by atoms with E-state index in [1.165, 1.54) is 0 Å². The molecule has 15 heavy (non-hydrogen) atoms. The lowest BCUT2D eigenvalue weighted by Gasteiger charge is -2.33. The monoisotopic (exact) mass is 211 g/mol. The molecule has 1 rings (SSSR count). The molecule has 0 aromatic rings. The minimum Gasteiger partial charge on any atom is -0.317 e. The molecule has 1 aliphatic rings. The second-order valence-electron chi connectivity index (χ2n) is 3.73. The van der Waals surface area contributed by atoms with Gasteiger partial charge in [0.1, 0.15) is 6.67 Å². The molecule has 1 N–H and O–H groups in total. The van der Waals surface area contributed by atoms with Crippen LogP contribution in [0.5, 0.6) is 0 Å². The van der Waals surface area contributed by atoms with E-state index < -0.39 is 0 Å². The first-order valence-corrected chi connectivity index (χ1v) is 5.41. The van der Waals surface area contributed by atoms with Gasteiger partial charge in [0, 0.05) is 20.0 Å². The van der Waals surface area contributed by atoms with Crippen molar-refractivity contribution in [1.29, 1.82) is 0 Å². The van der Waals surface area contributed by atoms with Gasteiger partial charge in [0.05, 0.1) is 6.04 Å². The quantitative estimate of drug-likeness (QED) is 0.410. The Morgan fingerprint density at radius 2 is 2.13 bits per heavy atom. The third kappa shape index (κ3) is 3.87. The van der Waals surface area contributed by atoms with Crippen molar-refractivity contribution >= 4 is 12.9 Å². The number of rotatable bonds is 5. The SMILES string of the molecule is C=NN(CN(C)/N=C\C)C1CCNCC1. The predicted molar refractivity (Wildman–Crippen MR) is 64.1 cm³/mol. The van der Waals surface area contributed by atoms with Crippen LogP contribution in [-0.2, 0) is 0 Å². The van der Waals surface area contributed by atoms with Crippen molar-refractivity contribution in [3.63, 3.8) is 0 Å². The number of nitrogens with zero attached hydrogens (tertiary/aromatic N) is 4. The van der Waals surface area contributed by atoms with Gasteiger partial charge in [-0.1, -0.05) is 0 Å². The van der Waals surface area contributed by atoms with E-state index in [-0.39, 0.29) is 0 Å². The molecule has 86 valence electrons. The smallest absolute Gasteiger partial charge is 0.123 e. The first kappa shape index (κ1) is 12.0. The summed E-state index contributed by atoms with van der Waals surface area (Å²) in [6.45, 7) is 8.38. The molecule has 1 heterocycles. The first-order valence-electron chi connectivity index (χ1n) is 5.41. The molecule has 0 amide bonds. The van der Waals surface area contributed by atoms with Crippen LogP contribution in [0.15, 0.2) is 10.2 Å². The number of hydrogen-bond acceptors (Lipinski definition) is 5. The summed E-state index contributed by atoms with van der Waals surface area (Å²) in [6.07, 6.45) is 4.04. The van der Waals surface area contributed by atoms with Gasteiger partial charge in [-0.05, 0) is 32.9 Å². The highest BCUT2D eigenvalue weighted by atomic mass is 15.6. The lowest BCUT2D eigenvalue weighted by molar-refractivity contribution is 0.0985. The summed E-state index contributed by atoms with van der Waals surface area (Å²) < 4.78 is 0. The van der Waals surface area contributed by atoms with Gasteiger partial charge in [-0.2, -0.15) is 10.2 Å². The second-order valence-corrected chi connectivity index (χ2v) is 3.73. The maximum atomic E-state index is 4.17. The van der Waals surface area contributed by atoms with E-state index in [0.717, 1.165) is 25.9 Å². The summed E-state index contributed by atoms with van der Waals surface area (Å²) in [4.78, 5) is 0. The highest BCUT2D eigenvalue weighted by Gasteiger charge is 2.19. The summed E-state index contributed by atoms with van der Waals surface area (Å²) in [7, 11) is 1.94. The number of hydrogen-bond donors (Lipinski definition) is 1. The van der Waals surface area contributed by atoms with Gasteiger partial charge in [0.25, 0.3) is 0 Å². The molecule has 0 radical (unpaired) electrons. The van der Waals surface area contributed by atoms with Crippen LogP contribution in [0.2, 0.25) is 0 Å². The van der Waals surface area contributed by atoms with Crippen molar-refractivity contribution < 1.29 is 0 Å². The van der Waals surface area contributed by atoms with Crippen molar-refractivity contribution in [3.05, 3.63) is 0 Å². The van der Waals surface area contributed by atoms with Crippen LogP contribution >= 0.6 is 0 Å². The van der Waals surface area contributed by atoms with Gasteiger partial charge in [-0.25, -0.2) is 0 Å². The van der Waals surface area contributed by atoms with Crippen molar-refractivity contribution in [1.82, 2.24) is 15.3 Å². The van der Waals surface area contributed by atoms with E-state index in [2.05, 4.69) is 22.2 Å². The van der Waals surface area contributed by atoms with E-state index in [1.807, 2.05) is 24.0 Å². The second kappa shape index (κ2) is 6.40. The molecule has 1 aliphatic heterocycles.